The van der Waals surface area contributed by atoms with E-state index in [9.17, 15) is 9.59 Å². The van der Waals surface area contributed by atoms with Crippen molar-refractivity contribution >= 4 is 11.9 Å². The van der Waals surface area contributed by atoms with Gasteiger partial charge >= 0.3 is 5.97 Å². The monoisotopic (exact) mass is 300 g/mol. The molecule has 0 aromatic rings. The molecule has 0 saturated carbocycles. The van der Waals surface area contributed by atoms with Gasteiger partial charge in [0.05, 0.1) is 0 Å². The first-order valence-corrected chi connectivity index (χ1v) is 7.78. The number of carbonyl (C=O) groups is 2. The third-order valence-corrected chi connectivity index (χ3v) is 4.02. The average molecular weight is 300 g/mol. The standard InChI is InChI=1S/C16H32N2O3/c1-11(2)13(17)10-14(19)18-9-8-12(16(3,4)5)6-7-15(20)21/h11-13H,6-10,17H2,1-5H3,(H,18,19)(H,20,21). The molecule has 0 radical (unpaired) electrons. The van der Waals surface area contributed by atoms with Crippen molar-refractivity contribution in [2.75, 3.05) is 6.54 Å². The number of carboxylic acid groups (broad SMARTS) is 1. The highest BCUT2D eigenvalue weighted by Crippen LogP contribution is 2.32. The molecular weight excluding hydrogens is 268 g/mol. The maximum Gasteiger partial charge on any atom is 0.303 e. The highest BCUT2D eigenvalue weighted by atomic mass is 16.4. The summed E-state index contributed by atoms with van der Waals surface area (Å²) < 4.78 is 0. The smallest absolute Gasteiger partial charge is 0.303 e. The zero-order valence-electron chi connectivity index (χ0n) is 14.1. The Morgan fingerprint density at radius 3 is 2.19 bits per heavy atom. The van der Waals surface area contributed by atoms with Crippen molar-refractivity contribution in [3.05, 3.63) is 0 Å². The van der Waals surface area contributed by atoms with E-state index in [1.807, 2.05) is 13.8 Å². The summed E-state index contributed by atoms with van der Waals surface area (Å²) in [6.45, 7) is 10.9. The van der Waals surface area contributed by atoms with Crippen LogP contribution in [-0.2, 0) is 9.59 Å². The van der Waals surface area contributed by atoms with Crippen LogP contribution in [0, 0.1) is 17.3 Å². The van der Waals surface area contributed by atoms with Crippen LogP contribution in [0.5, 0.6) is 0 Å². The molecule has 0 aliphatic heterocycles. The summed E-state index contributed by atoms with van der Waals surface area (Å²) in [6.07, 6.45) is 1.95. The predicted molar refractivity (Wildman–Crippen MR) is 84.9 cm³/mol. The molecule has 0 aliphatic carbocycles. The van der Waals surface area contributed by atoms with Crippen molar-refractivity contribution in [2.24, 2.45) is 23.0 Å². The van der Waals surface area contributed by atoms with E-state index in [1.165, 1.54) is 0 Å². The number of aliphatic carboxylic acids is 1. The minimum absolute atomic E-state index is 0.0258. The molecule has 0 aromatic heterocycles. The number of carbonyl (C=O) groups excluding carboxylic acids is 1. The quantitative estimate of drug-likeness (QED) is 0.609. The molecule has 2 atom stereocenters. The predicted octanol–water partition coefficient (Wildman–Crippen LogP) is 2.39. The van der Waals surface area contributed by atoms with Crippen molar-refractivity contribution in [3.63, 3.8) is 0 Å². The van der Waals surface area contributed by atoms with Crippen molar-refractivity contribution in [3.8, 4) is 0 Å². The Bertz CT molecular complexity index is 335. The number of rotatable bonds is 9. The van der Waals surface area contributed by atoms with Crippen LogP contribution in [0.3, 0.4) is 0 Å². The van der Waals surface area contributed by atoms with Crippen LogP contribution in [0.1, 0.15) is 60.3 Å². The largest absolute Gasteiger partial charge is 0.481 e. The molecule has 0 fully saturated rings. The van der Waals surface area contributed by atoms with E-state index in [0.29, 0.717) is 19.4 Å². The summed E-state index contributed by atoms with van der Waals surface area (Å²) in [5.74, 6) is -0.236. The number of nitrogens with two attached hydrogens (primary N) is 1. The molecule has 1 amide bonds. The van der Waals surface area contributed by atoms with Crippen molar-refractivity contribution in [2.45, 2.75) is 66.3 Å². The lowest BCUT2D eigenvalue weighted by molar-refractivity contribution is -0.137. The van der Waals surface area contributed by atoms with Crippen molar-refractivity contribution < 1.29 is 14.7 Å². The third kappa shape index (κ3) is 9.45. The van der Waals surface area contributed by atoms with Gasteiger partial charge in [-0.15, -0.1) is 0 Å². The van der Waals surface area contributed by atoms with Crippen LogP contribution < -0.4 is 11.1 Å². The third-order valence-electron chi connectivity index (χ3n) is 4.02. The minimum Gasteiger partial charge on any atom is -0.481 e. The molecule has 21 heavy (non-hydrogen) atoms. The Labute approximate surface area is 128 Å². The SMILES string of the molecule is CC(C)C(N)CC(=O)NCCC(CCC(=O)O)C(C)(C)C. The van der Waals surface area contributed by atoms with E-state index >= 15 is 0 Å². The zero-order valence-corrected chi connectivity index (χ0v) is 14.1. The molecule has 0 spiro atoms. The molecule has 4 N–H and O–H groups in total. The Morgan fingerprint density at radius 2 is 1.76 bits per heavy atom. The summed E-state index contributed by atoms with van der Waals surface area (Å²) in [6, 6.07) is -0.115. The Balaban J connectivity index is 4.19. The maximum atomic E-state index is 11.8. The number of hydrogen-bond donors (Lipinski definition) is 3. The molecule has 124 valence electrons. The zero-order chi connectivity index (χ0) is 16.6. The molecule has 5 heteroatoms. The van der Waals surface area contributed by atoms with E-state index < -0.39 is 5.97 Å². The second kappa shape index (κ2) is 9.03. The summed E-state index contributed by atoms with van der Waals surface area (Å²) in [4.78, 5) is 22.5. The lowest BCUT2D eigenvalue weighted by Crippen LogP contribution is -2.36. The van der Waals surface area contributed by atoms with Gasteiger partial charge in [-0.2, -0.15) is 0 Å². The number of carboxylic acids is 1. The topological polar surface area (TPSA) is 92.4 Å². The summed E-state index contributed by atoms with van der Waals surface area (Å²) in [7, 11) is 0. The molecule has 0 heterocycles. The molecule has 0 saturated heterocycles. The molecule has 5 nitrogen and oxygen atoms in total. The molecular formula is C16H32N2O3. The van der Waals surface area contributed by atoms with E-state index in [1.54, 1.807) is 0 Å². The summed E-state index contributed by atoms with van der Waals surface area (Å²) in [5, 5.41) is 11.7. The van der Waals surface area contributed by atoms with E-state index in [4.69, 9.17) is 10.8 Å². The van der Waals surface area contributed by atoms with Gasteiger partial charge in [0, 0.05) is 25.4 Å². The molecule has 2 unspecified atom stereocenters. The highest BCUT2D eigenvalue weighted by molar-refractivity contribution is 5.76. The Morgan fingerprint density at radius 1 is 1.19 bits per heavy atom. The van der Waals surface area contributed by atoms with Crippen molar-refractivity contribution in [1.82, 2.24) is 5.32 Å². The Hall–Kier alpha value is -1.10. The van der Waals surface area contributed by atoms with Gasteiger partial charge in [-0.3, -0.25) is 9.59 Å². The first-order chi connectivity index (χ1) is 9.54. The van der Waals surface area contributed by atoms with Gasteiger partial charge in [0.25, 0.3) is 0 Å². The lowest BCUT2D eigenvalue weighted by Gasteiger charge is -2.30. The van der Waals surface area contributed by atoms with Gasteiger partial charge in [0.1, 0.15) is 0 Å². The summed E-state index contributed by atoms with van der Waals surface area (Å²) >= 11 is 0. The van der Waals surface area contributed by atoms with E-state index in [-0.39, 0.29) is 35.6 Å². The molecule has 0 aromatic carbocycles. The van der Waals surface area contributed by atoms with Gasteiger partial charge in [0.15, 0.2) is 0 Å². The molecule has 0 aliphatic rings. The highest BCUT2D eigenvalue weighted by Gasteiger charge is 2.25. The van der Waals surface area contributed by atoms with Gasteiger partial charge in [-0.1, -0.05) is 34.6 Å². The summed E-state index contributed by atoms with van der Waals surface area (Å²) in [5.41, 5.74) is 5.91. The fraction of sp³-hybridized carbons (Fsp3) is 0.875. The number of amides is 1. The fourth-order valence-electron chi connectivity index (χ4n) is 2.22. The van der Waals surface area contributed by atoms with E-state index in [2.05, 4.69) is 26.1 Å². The van der Waals surface area contributed by atoms with Gasteiger partial charge < -0.3 is 16.2 Å². The lowest BCUT2D eigenvalue weighted by atomic mass is 9.76. The molecule has 0 bridgehead atoms. The second-order valence-corrected chi connectivity index (χ2v) is 7.25. The van der Waals surface area contributed by atoms with Crippen molar-refractivity contribution in [1.29, 1.82) is 0 Å². The van der Waals surface area contributed by atoms with Gasteiger partial charge in [0.2, 0.25) is 5.91 Å². The number of hydrogen-bond acceptors (Lipinski definition) is 3. The second-order valence-electron chi connectivity index (χ2n) is 7.25. The fourth-order valence-corrected chi connectivity index (χ4v) is 2.22. The van der Waals surface area contributed by atoms with Crippen LogP contribution >= 0.6 is 0 Å². The molecule has 0 rings (SSSR count). The van der Waals surface area contributed by atoms with Crippen LogP contribution in [-0.4, -0.2) is 29.6 Å². The van der Waals surface area contributed by atoms with E-state index in [0.717, 1.165) is 6.42 Å². The first kappa shape index (κ1) is 19.9. The Kier molecular flexibility index (Phi) is 8.55. The van der Waals surface area contributed by atoms with Gasteiger partial charge in [-0.25, -0.2) is 0 Å². The van der Waals surface area contributed by atoms with Crippen LogP contribution in [0.25, 0.3) is 0 Å². The average Bonchev–Trinajstić information content (AvgIpc) is 2.31. The minimum atomic E-state index is -0.767. The van der Waals surface area contributed by atoms with Gasteiger partial charge in [-0.05, 0) is 30.1 Å². The normalized spacial score (nSPS) is 14.8. The van der Waals surface area contributed by atoms with Crippen LogP contribution in [0.15, 0.2) is 0 Å². The van der Waals surface area contributed by atoms with Crippen LogP contribution in [0.2, 0.25) is 0 Å². The van der Waals surface area contributed by atoms with Crippen LogP contribution in [0.4, 0.5) is 0 Å². The number of nitrogens with one attached hydrogen (secondary N) is 1. The maximum absolute atomic E-state index is 11.8. The first-order valence-electron chi connectivity index (χ1n) is 7.78.